The lowest BCUT2D eigenvalue weighted by Crippen LogP contribution is -2.39. The molecule has 6 rings (SSSR count). The molecule has 0 amide bonds. The third-order valence-electron chi connectivity index (χ3n) is 8.33. The summed E-state index contributed by atoms with van der Waals surface area (Å²) >= 11 is 0. The number of hydrogen-bond acceptors (Lipinski definition) is 4. The predicted octanol–water partition coefficient (Wildman–Crippen LogP) is 8.46. The van der Waals surface area contributed by atoms with E-state index in [1.165, 1.54) is 0 Å². The number of hydrogen-bond donors (Lipinski definition) is 0. The molecule has 208 valence electrons. The molecule has 4 heteroatoms. The van der Waals surface area contributed by atoms with Crippen LogP contribution >= 0.6 is 0 Å². The highest BCUT2D eigenvalue weighted by molar-refractivity contribution is 5.99. The van der Waals surface area contributed by atoms with Gasteiger partial charge in [-0.1, -0.05) is 148 Å². The summed E-state index contributed by atoms with van der Waals surface area (Å²) in [4.78, 5) is 10.5. The van der Waals surface area contributed by atoms with Gasteiger partial charge in [0.2, 0.25) is 0 Å². The van der Waals surface area contributed by atoms with Gasteiger partial charge in [-0.25, -0.2) is 9.98 Å². The van der Waals surface area contributed by atoms with E-state index in [2.05, 4.69) is 135 Å². The smallest absolute Gasteiger partial charge is 0.194 e. The molecule has 2 heterocycles. The molecule has 4 nitrogen and oxygen atoms in total. The average Bonchev–Trinajstić information content (AvgIpc) is 3.58. The van der Waals surface area contributed by atoms with Crippen molar-refractivity contribution in [1.82, 2.24) is 0 Å². The third-order valence-corrected chi connectivity index (χ3v) is 8.33. The SMILES string of the molecule is CCCC1N=C(CC2=NC(CCC)C(c3ccccc3)(c3ccccc3)O2)OC1(c1ccccc1)c1ccccc1. The predicted molar refractivity (Wildman–Crippen MR) is 166 cm³/mol. The van der Waals surface area contributed by atoms with Crippen molar-refractivity contribution < 1.29 is 9.47 Å². The van der Waals surface area contributed by atoms with Gasteiger partial charge in [0.1, 0.15) is 12.1 Å². The molecule has 0 bridgehead atoms. The second kappa shape index (κ2) is 11.7. The highest BCUT2D eigenvalue weighted by Crippen LogP contribution is 2.47. The molecule has 41 heavy (non-hydrogen) atoms. The highest BCUT2D eigenvalue weighted by Gasteiger charge is 2.52. The van der Waals surface area contributed by atoms with E-state index in [0.29, 0.717) is 18.2 Å². The molecule has 0 fully saturated rings. The van der Waals surface area contributed by atoms with Crippen LogP contribution in [0.4, 0.5) is 0 Å². The molecule has 0 saturated heterocycles. The summed E-state index contributed by atoms with van der Waals surface area (Å²) in [5, 5.41) is 0. The van der Waals surface area contributed by atoms with Crippen molar-refractivity contribution in [1.29, 1.82) is 0 Å². The first-order valence-electron chi connectivity index (χ1n) is 14.9. The Kier molecular flexibility index (Phi) is 7.74. The zero-order chi connectivity index (χ0) is 28.1. The van der Waals surface area contributed by atoms with Crippen molar-refractivity contribution in [3.8, 4) is 0 Å². The Bertz CT molecular complexity index is 1290. The summed E-state index contributed by atoms with van der Waals surface area (Å²) in [5.41, 5.74) is 3.08. The van der Waals surface area contributed by atoms with Gasteiger partial charge in [-0.15, -0.1) is 0 Å². The van der Waals surface area contributed by atoms with Crippen molar-refractivity contribution in [2.45, 2.75) is 69.2 Å². The standard InChI is InChI=1S/C37H38N2O2/c1-3-17-32-36(28-19-9-5-10-20-28,29-21-11-6-12-22-29)40-34(38-32)27-35-39-33(18-4-2)37(41-35,30-23-13-7-14-24-30)31-25-15-8-16-26-31/h5-16,19-26,32-33H,3-4,17-18,27H2,1-2H3. The van der Waals surface area contributed by atoms with Crippen LogP contribution in [-0.2, 0) is 20.7 Å². The fourth-order valence-electron chi connectivity index (χ4n) is 6.55. The molecular weight excluding hydrogens is 504 g/mol. The lowest BCUT2D eigenvalue weighted by molar-refractivity contribution is 0.0841. The van der Waals surface area contributed by atoms with Crippen LogP contribution in [0.2, 0.25) is 0 Å². The van der Waals surface area contributed by atoms with E-state index in [-0.39, 0.29) is 12.1 Å². The number of aliphatic imine (C=N–C) groups is 2. The highest BCUT2D eigenvalue weighted by atomic mass is 16.5. The minimum Gasteiger partial charge on any atom is -0.462 e. The van der Waals surface area contributed by atoms with Gasteiger partial charge >= 0.3 is 0 Å². The Balaban J connectivity index is 1.38. The Morgan fingerprint density at radius 1 is 0.488 bits per heavy atom. The van der Waals surface area contributed by atoms with Crippen molar-refractivity contribution in [2.24, 2.45) is 9.98 Å². The molecule has 0 radical (unpaired) electrons. The van der Waals surface area contributed by atoms with Gasteiger partial charge in [0.05, 0.1) is 6.42 Å². The second-order valence-corrected chi connectivity index (χ2v) is 11.0. The van der Waals surface area contributed by atoms with E-state index in [1.807, 2.05) is 0 Å². The fourth-order valence-corrected chi connectivity index (χ4v) is 6.55. The van der Waals surface area contributed by atoms with Crippen LogP contribution in [0.1, 0.15) is 68.2 Å². The summed E-state index contributed by atoms with van der Waals surface area (Å²) < 4.78 is 14.0. The molecule has 2 unspecified atom stereocenters. The lowest BCUT2D eigenvalue weighted by Gasteiger charge is -2.35. The second-order valence-electron chi connectivity index (χ2n) is 11.0. The summed E-state index contributed by atoms with van der Waals surface area (Å²) in [5.74, 6) is 1.36. The Labute approximate surface area is 243 Å². The number of rotatable bonds is 10. The van der Waals surface area contributed by atoms with Gasteiger partial charge < -0.3 is 9.47 Å². The van der Waals surface area contributed by atoms with Gasteiger partial charge in [0.15, 0.2) is 23.0 Å². The minimum atomic E-state index is -0.689. The normalized spacial score (nSPS) is 20.5. The van der Waals surface area contributed by atoms with Crippen molar-refractivity contribution in [3.63, 3.8) is 0 Å². The molecule has 0 N–H and O–H groups in total. The van der Waals surface area contributed by atoms with Crippen molar-refractivity contribution in [2.75, 3.05) is 0 Å². The summed E-state index contributed by atoms with van der Waals surface area (Å²) in [6.45, 7) is 4.42. The van der Waals surface area contributed by atoms with Crippen LogP contribution in [0.15, 0.2) is 131 Å². The third kappa shape index (κ3) is 4.86. The summed E-state index contributed by atoms with van der Waals surface area (Å²) in [7, 11) is 0. The molecule has 2 atom stereocenters. The maximum atomic E-state index is 7.01. The van der Waals surface area contributed by atoms with Crippen LogP contribution in [0, 0.1) is 0 Å². The van der Waals surface area contributed by atoms with Gasteiger partial charge in [0, 0.05) is 22.3 Å². The molecule has 2 aliphatic rings. The van der Waals surface area contributed by atoms with E-state index in [0.717, 1.165) is 47.9 Å². The summed E-state index contributed by atoms with van der Waals surface area (Å²) in [6, 6.07) is 42.0. The molecular formula is C37H38N2O2. The number of benzene rings is 4. The Morgan fingerprint density at radius 2 is 0.780 bits per heavy atom. The van der Waals surface area contributed by atoms with E-state index in [9.17, 15) is 0 Å². The zero-order valence-corrected chi connectivity index (χ0v) is 23.9. The maximum absolute atomic E-state index is 7.01. The van der Waals surface area contributed by atoms with E-state index in [4.69, 9.17) is 19.5 Å². The fraction of sp³-hybridized carbons (Fsp3) is 0.297. The average molecular weight is 543 g/mol. The maximum Gasteiger partial charge on any atom is 0.194 e. The lowest BCUT2D eigenvalue weighted by atomic mass is 9.79. The van der Waals surface area contributed by atoms with E-state index >= 15 is 0 Å². The molecule has 0 saturated carbocycles. The molecule has 4 aromatic carbocycles. The largest absolute Gasteiger partial charge is 0.462 e. The minimum absolute atomic E-state index is 0.0475. The zero-order valence-electron chi connectivity index (χ0n) is 23.9. The number of ether oxygens (including phenoxy) is 2. The molecule has 0 aliphatic carbocycles. The summed E-state index contributed by atoms with van der Waals surface area (Å²) in [6.07, 6.45) is 4.26. The molecule has 0 spiro atoms. The van der Waals surface area contributed by atoms with Gasteiger partial charge in [0.25, 0.3) is 0 Å². The van der Waals surface area contributed by atoms with Crippen molar-refractivity contribution >= 4 is 11.8 Å². The van der Waals surface area contributed by atoms with Crippen molar-refractivity contribution in [3.05, 3.63) is 144 Å². The first-order chi connectivity index (χ1) is 20.2. The Morgan fingerprint density at radius 3 is 1.05 bits per heavy atom. The monoisotopic (exact) mass is 542 g/mol. The molecule has 0 aromatic heterocycles. The first kappa shape index (κ1) is 27.0. The van der Waals surface area contributed by atoms with E-state index < -0.39 is 11.2 Å². The van der Waals surface area contributed by atoms with Crippen LogP contribution in [0.5, 0.6) is 0 Å². The van der Waals surface area contributed by atoms with E-state index in [1.54, 1.807) is 0 Å². The quantitative estimate of drug-likeness (QED) is 0.202. The van der Waals surface area contributed by atoms with Crippen LogP contribution in [-0.4, -0.2) is 23.9 Å². The first-order valence-corrected chi connectivity index (χ1v) is 14.9. The van der Waals surface area contributed by atoms with Crippen LogP contribution in [0.3, 0.4) is 0 Å². The number of nitrogens with zero attached hydrogens (tertiary/aromatic N) is 2. The van der Waals surface area contributed by atoms with Gasteiger partial charge in [-0.05, 0) is 12.8 Å². The molecule has 2 aliphatic heterocycles. The topological polar surface area (TPSA) is 43.2 Å². The van der Waals surface area contributed by atoms with Crippen LogP contribution < -0.4 is 0 Å². The van der Waals surface area contributed by atoms with Gasteiger partial charge in [-0.3, -0.25) is 0 Å². The molecule has 4 aromatic rings. The Hall–Kier alpha value is -4.18. The van der Waals surface area contributed by atoms with Crippen LogP contribution in [0.25, 0.3) is 0 Å². The van der Waals surface area contributed by atoms with Gasteiger partial charge in [-0.2, -0.15) is 0 Å².